The molecule has 5 heteroatoms. The number of aromatic nitrogens is 1. The van der Waals surface area contributed by atoms with Crippen molar-refractivity contribution in [1.82, 2.24) is 4.98 Å². The number of thiazole rings is 1. The average molecular weight is 290 g/mol. The van der Waals surface area contributed by atoms with Gasteiger partial charge in [-0.3, -0.25) is 0 Å². The number of hydrogen-bond acceptors (Lipinski definition) is 4. The molecule has 74 valence electrons. The van der Waals surface area contributed by atoms with E-state index in [1.807, 2.05) is 16.8 Å². The van der Waals surface area contributed by atoms with Crippen molar-refractivity contribution in [3.63, 3.8) is 0 Å². The Morgan fingerprint density at radius 3 is 2.93 bits per heavy atom. The number of nitrogens with zero attached hydrogens (tertiary/aromatic N) is 1. The Balaban J connectivity index is 2.05. The van der Waals surface area contributed by atoms with Crippen LogP contribution < -0.4 is 0 Å². The number of aliphatic hydroxyl groups is 1. The maximum atomic E-state index is 9.81. The number of aliphatic hydroxyl groups excluding tert-OH is 1. The maximum Gasteiger partial charge on any atom is 0.102 e. The summed E-state index contributed by atoms with van der Waals surface area (Å²) in [6.07, 6.45) is 0.159. The van der Waals surface area contributed by atoms with E-state index in [-0.39, 0.29) is 0 Å². The van der Waals surface area contributed by atoms with Crippen molar-refractivity contribution in [3.05, 3.63) is 37.4 Å². The highest BCUT2D eigenvalue weighted by atomic mass is 79.9. The third-order valence-electron chi connectivity index (χ3n) is 1.81. The highest BCUT2D eigenvalue weighted by Crippen LogP contribution is 2.25. The zero-order valence-electron chi connectivity index (χ0n) is 7.18. The summed E-state index contributed by atoms with van der Waals surface area (Å²) in [5, 5.41) is 13.7. The first-order valence-corrected chi connectivity index (χ1v) is 6.66. The van der Waals surface area contributed by atoms with Crippen molar-refractivity contribution in [2.24, 2.45) is 0 Å². The van der Waals surface area contributed by atoms with E-state index in [1.165, 1.54) is 11.3 Å². The fraction of sp³-hybridized carbons (Fsp3) is 0.222. The lowest BCUT2D eigenvalue weighted by molar-refractivity contribution is 0.175. The molecular weight excluding hydrogens is 282 g/mol. The zero-order chi connectivity index (χ0) is 9.97. The van der Waals surface area contributed by atoms with Crippen molar-refractivity contribution in [2.45, 2.75) is 12.5 Å². The molecule has 0 aromatic carbocycles. The van der Waals surface area contributed by atoms with Gasteiger partial charge in [-0.15, -0.1) is 22.7 Å². The Labute approximate surface area is 98.4 Å². The van der Waals surface area contributed by atoms with Crippen LogP contribution in [0.1, 0.15) is 16.7 Å². The third-order valence-corrected chi connectivity index (χ3v) is 4.13. The topological polar surface area (TPSA) is 33.1 Å². The molecular formula is C9H8BrNOS2. The van der Waals surface area contributed by atoms with Crippen LogP contribution in [0.15, 0.2) is 26.8 Å². The predicted molar refractivity (Wildman–Crippen MR) is 62.8 cm³/mol. The maximum absolute atomic E-state index is 9.81. The molecule has 0 saturated carbocycles. The minimum absolute atomic E-state index is 0.480. The Kier molecular flexibility index (Phi) is 3.33. The van der Waals surface area contributed by atoms with Gasteiger partial charge in [0.05, 0.1) is 11.2 Å². The van der Waals surface area contributed by atoms with Crippen molar-refractivity contribution in [2.75, 3.05) is 0 Å². The van der Waals surface area contributed by atoms with E-state index in [9.17, 15) is 5.11 Å². The van der Waals surface area contributed by atoms with Crippen molar-refractivity contribution in [3.8, 4) is 0 Å². The third kappa shape index (κ3) is 2.42. The highest BCUT2D eigenvalue weighted by Gasteiger charge is 2.11. The summed E-state index contributed by atoms with van der Waals surface area (Å²) in [5.74, 6) is 0. The van der Waals surface area contributed by atoms with Gasteiger partial charge in [0.25, 0.3) is 0 Å². The van der Waals surface area contributed by atoms with Crippen LogP contribution in [-0.4, -0.2) is 10.1 Å². The van der Waals surface area contributed by atoms with Gasteiger partial charge in [-0.25, -0.2) is 4.98 Å². The standard InChI is InChI=1S/C9H8BrNOS2/c10-6-1-7(14-3-6)2-9(12)8-4-13-5-11-8/h1,3-5,9,12H,2H2. The molecule has 2 rings (SSSR count). The van der Waals surface area contributed by atoms with Crippen LogP contribution in [0.2, 0.25) is 0 Å². The molecule has 0 spiro atoms. The van der Waals surface area contributed by atoms with Gasteiger partial charge in [0.15, 0.2) is 0 Å². The predicted octanol–water partition coefficient (Wildman–Crippen LogP) is 3.24. The molecule has 0 aliphatic rings. The quantitative estimate of drug-likeness (QED) is 0.941. The van der Waals surface area contributed by atoms with E-state index in [1.54, 1.807) is 16.8 Å². The Morgan fingerprint density at radius 2 is 2.36 bits per heavy atom. The van der Waals surface area contributed by atoms with Crippen LogP contribution in [-0.2, 0) is 6.42 Å². The van der Waals surface area contributed by atoms with Gasteiger partial charge >= 0.3 is 0 Å². The van der Waals surface area contributed by atoms with E-state index in [4.69, 9.17) is 0 Å². The molecule has 0 saturated heterocycles. The van der Waals surface area contributed by atoms with Gasteiger partial charge in [-0.1, -0.05) is 0 Å². The van der Waals surface area contributed by atoms with Crippen molar-refractivity contribution in [1.29, 1.82) is 0 Å². The van der Waals surface area contributed by atoms with Crippen LogP contribution in [0.3, 0.4) is 0 Å². The molecule has 2 aromatic rings. The monoisotopic (exact) mass is 289 g/mol. The molecule has 1 unspecified atom stereocenters. The number of hydrogen-bond donors (Lipinski definition) is 1. The molecule has 0 aliphatic carbocycles. The number of rotatable bonds is 3. The molecule has 2 nitrogen and oxygen atoms in total. The molecule has 0 aliphatic heterocycles. The first-order chi connectivity index (χ1) is 6.75. The summed E-state index contributed by atoms with van der Waals surface area (Å²) >= 11 is 6.54. The fourth-order valence-electron chi connectivity index (χ4n) is 1.14. The lowest BCUT2D eigenvalue weighted by Gasteiger charge is -2.04. The van der Waals surface area contributed by atoms with Crippen LogP contribution in [0.4, 0.5) is 0 Å². The Morgan fingerprint density at radius 1 is 1.50 bits per heavy atom. The fourth-order valence-corrected chi connectivity index (χ4v) is 3.23. The van der Waals surface area contributed by atoms with Crippen molar-refractivity contribution >= 4 is 38.6 Å². The first kappa shape index (κ1) is 10.3. The summed E-state index contributed by atoms with van der Waals surface area (Å²) < 4.78 is 1.07. The highest BCUT2D eigenvalue weighted by molar-refractivity contribution is 9.10. The number of halogens is 1. The largest absolute Gasteiger partial charge is 0.386 e. The summed E-state index contributed by atoms with van der Waals surface area (Å²) in [4.78, 5) is 5.24. The zero-order valence-corrected chi connectivity index (χ0v) is 10.4. The van der Waals surface area contributed by atoms with E-state index in [2.05, 4.69) is 20.9 Å². The molecule has 0 fully saturated rings. The van der Waals surface area contributed by atoms with Crippen LogP contribution in [0.5, 0.6) is 0 Å². The van der Waals surface area contributed by atoms with E-state index in [0.717, 1.165) is 15.0 Å². The van der Waals surface area contributed by atoms with Crippen LogP contribution in [0, 0.1) is 0 Å². The minimum Gasteiger partial charge on any atom is -0.386 e. The first-order valence-electron chi connectivity index (χ1n) is 4.05. The van der Waals surface area contributed by atoms with Gasteiger partial charge in [0, 0.05) is 26.5 Å². The molecule has 0 bridgehead atoms. The summed E-state index contributed by atoms with van der Waals surface area (Å²) in [7, 11) is 0. The Hall–Kier alpha value is -0.230. The second-order valence-electron chi connectivity index (χ2n) is 2.86. The van der Waals surface area contributed by atoms with E-state index in [0.29, 0.717) is 6.42 Å². The molecule has 14 heavy (non-hydrogen) atoms. The van der Waals surface area contributed by atoms with Gasteiger partial charge in [0.1, 0.15) is 6.10 Å². The van der Waals surface area contributed by atoms with Crippen LogP contribution in [0.25, 0.3) is 0 Å². The molecule has 0 amide bonds. The second kappa shape index (κ2) is 4.53. The normalized spacial score (nSPS) is 13.0. The minimum atomic E-state index is -0.480. The van der Waals surface area contributed by atoms with Crippen molar-refractivity contribution < 1.29 is 5.11 Å². The summed E-state index contributed by atoms with van der Waals surface area (Å²) in [5.41, 5.74) is 2.50. The second-order valence-corrected chi connectivity index (χ2v) is 5.49. The van der Waals surface area contributed by atoms with Gasteiger partial charge in [-0.05, 0) is 22.0 Å². The van der Waals surface area contributed by atoms with E-state index >= 15 is 0 Å². The molecule has 2 aromatic heterocycles. The van der Waals surface area contributed by atoms with Crippen LogP contribution >= 0.6 is 38.6 Å². The SMILES string of the molecule is OC(Cc1cc(Br)cs1)c1cscn1. The smallest absolute Gasteiger partial charge is 0.102 e. The Bertz CT molecular complexity index is 399. The average Bonchev–Trinajstić information content (AvgIpc) is 2.75. The van der Waals surface area contributed by atoms with Gasteiger partial charge in [0.2, 0.25) is 0 Å². The lowest BCUT2D eigenvalue weighted by Crippen LogP contribution is -2.00. The summed E-state index contributed by atoms with van der Waals surface area (Å²) in [6, 6.07) is 2.03. The molecule has 1 atom stereocenters. The van der Waals surface area contributed by atoms with Gasteiger partial charge < -0.3 is 5.11 Å². The van der Waals surface area contributed by atoms with Gasteiger partial charge in [-0.2, -0.15) is 0 Å². The molecule has 2 heterocycles. The molecule has 1 N–H and O–H groups in total. The number of thiophene rings is 1. The lowest BCUT2D eigenvalue weighted by atomic mass is 10.2. The molecule has 0 radical (unpaired) electrons. The summed E-state index contributed by atoms with van der Waals surface area (Å²) in [6.45, 7) is 0. The van der Waals surface area contributed by atoms with E-state index < -0.39 is 6.10 Å².